The number of urea groups is 1. The number of anilines is 1. The second kappa shape index (κ2) is 10.2. The molecule has 2 aromatic carbocycles. The van der Waals surface area contributed by atoms with E-state index in [2.05, 4.69) is 21.2 Å². The fourth-order valence-electron chi connectivity index (χ4n) is 5.28. The van der Waals surface area contributed by atoms with Gasteiger partial charge in [-0.05, 0) is 49.4 Å². The van der Waals surface area contributed by atoms with Crippen molar-refractivity contribution in [1.29, 1.82) is 0 Å². The van der Waals surface area contributed by atoms with Crippen LogP contribution in [-0.4, -0.2) is 68.1 Å². The van der Waals surface area contributed by atoms with Crippen molar-refractivity contribution < 1.29 is 14.3 Å². The number of hydrogen-bond acceptors (Lipinski definition) is 5. The summed E-state index contributed by atoms with van der Waals surface area (Å²) in [5.74, 6) is 1.02. The Labute approximate surface area is 207 Å². The van der Waals surface area contributed by atoms with E-state index in [1.54, 1.807) is 7.11 Å². The fourth-order valence-corrected chi connectivity index (χ4v) is 5.28. The van der Waals surface area contributed by atoms with Gasteiger partial charge in [0.05, 0.1) is 12.8 Å². The van der Waals surface area contributed by atoms with Crippen LogP contribution in [0.5, 0.6) is 5.75 Å². The maximum Gasteiger partial charge on any atom is 0.325 e. The SMILES string of the molecule is COc1ccccc1N1CCN(CCCN2C(=O)NC(c3ccccc3)(C3CC3)C2=O)CC1.Cl. The molecular formula is C26H33ClN4O3. The molecule has 0 radical (unpaired) electrons. The van der Waals surface area contributed by atoms with E-state index in [4.69, 9.17) is 4.74 Å². The predicted molar refractivity (Wildman–Crippen MR) is 135 cm³/mol. The van der Waals surface area contributed by atoms with E-state index in [1.165, 1.54) is 4.90 Å². The number of piperazine rings is 1. The molecule has 5 rings (SSSR count). The number of hydrogen-bond donors (Lipinski definition) is 1. The van der Waals surface area contributed by atoms with E-state index in [0.29, 0.717) is 6.54 Å². The molecule has 1 saturated carbocycles. The molecule has 0 bridgehead atoms. The molecule has 7 nitrogen and oxygen atoms in total. The van der Waals surface area contributed by atoms with Gasteiger partial charge in [-0.15, -0.1) is 12.4 Å². The van der Waals surface area contributed by atoms with Crippen LogP contribution in [0.1, 0.15) is 24.8 Å². The molecule has 1 atom stereocenters. The summed E-state index contributed by atoms with van der Waals surface area (Å²) in [6.07, 6.45) is 2.74. The number of nitrogens with zero attached hydrogens (tertiary/aromatic N) is 3. The van der Waals surface area contributed by atoms with Gasteiger partial charge in [-0.2, -0.15) is 0 Å². The first kappa shape index (κ1) is 24.4. The number of carbonyl (C=O) groups excluding carboxylic acids is 2. The Hall–Kier alpha value is -2.77. The fraction of sp³-hybridized carbons (Fsp3) is 0.462. The van der Waals surface area contributed by atoms with Crippen molar-refractivity contribution in [3.8, 4) is 5.75 Å². The molecule has 2 heterocycles. The first-order valence-corrected chi connectivity index (χ1v) is 11.9. The Morgan fingerprint density at radius 2 is 1.62 bits per heavy atom. The zero-order valence-electron chi connectivity index (χ0n) is 19.6. The van der Waals surface area contributed by atoms with Crippen LogP contribution in [0.25, 0.3) is 0 Å². The Kier molecular flexibility index (Phi) is 7.33. The molecule has 8 heteroatoms. The number of methoxy groups -OCH3 is 1. The maximum atomic E-state index is 13.5. The zero-order chi connectivity index (χ0) is 22.8. The number of imide groups is 1. The molecule has 3 aliphatic rings. The summed E-state index contributed by atoms with van der Waals surface area (Å²) in [4.78, 5) is 32.5. The summed E-state index contributed by atoms with van der Waals surface area (Å²) in [6, 6.07) is 17.6. The highest BCUT2D eigenvalue weighted by Gasteiger charge is 2.59. The number of ether oxygens (including phenoxy) is 1. The van der Waals surface area contributed by atoms with Crippen molar-refractivity contribution in [1.82, 2.24) is 15.1 Å². The molecule has 0 spiro atoms. The monoisotopic (exact) mass is 484 g/mol. The van der Waals surface area contributed by atoms with Crippen molar-refractivity contribution in [2.45, 2.75) is 24.8 Å². The number of nitrogens with one attached hydrogen (secondary N) is 1. The minimum Gasteiger partial charge on any atom is -0.495 e. The number of carbonyl (C=O) groups is 2. The van der Waals surface area contributed by atoms with Gasteiger partial charge in [0.2, 0.25) is 0 Å². The van der Waals surface area contributed by atoms with Gasteiger partial charge >= 0.3 is 6.03 Å². The molecule has 3 amide bonds. The Balaban J connectivity index is 0.00000274. The molecule has 0 aromatic heterocycles. The third kappa shape index (κ3) is 4.46. The van der Waals surface area contributed by atoms with E-state index in [1.807, 2.05) is 48.5 Å². The van der Waals surface area contributed by atoms with Gasteiger partial charge < -0.3 is 15.0 Å². The highest BCUT2D eigenvalue weighted by molar-refractivity contribution is 6.07. The van der Waals surface area contributed by atoms with Gasteiger partial charge in [-0.1, -0.05) is 42.5 Å². The van der Waals surface area contributed by atoms with Crippen molar-refractivity contribution in [2.75, 3.05) is 51.3 Å². The lowest BCUT2D eigenvalue weighted by Gasteiger charge is -2.36. The van der Waals surface area contributed by atoms with Gasteiger partial charge in [-0.25, -0.2) is 4.79 Å². The lowest BCUT2D eigenvalue weighted by atomic mass is 9.85. The first-order valence-electron chi connectivity index (χ1n) is 11.9. The quantitative estimate of drug-likeness (QED) is 0.581. The number of para-hydroxylation sites is 2. The number of rotatable bonds is 8. The van der Waals surface area contributed by atoms with Crippen LogP contribution < -0.4 is 15.0 Å². The average Bonchev–Trinajstić information content (AvgIpc) is 3.68. The first-order chi connectivity index (χ1) is 16.1. The largest absolute Gasteiger partial charge is 0.495 e. The van der Waals surface area contributed by atoms with Crippen LogP contribution in [0.2, 0.25) is 0 Å². The lowest BCUT2D eigenvalue weighted by molar-refractivity contribution is -0.132. The molecular weight excluding hydrogens is 452 g/mol. The van der Waals surface area contributed by atoms with Crippen LogP contribution >= 0.6 is 12.4 Å². The third-order valence-electron chi connectivity index (χ3n) is 7.20. The normalized spacial score (nSPS) is 23.0. The summed E-state index contributed by atoms with van der Waals surface area (Å²) in [5.41, 5.74) is 1.16. The van der Waals surface area contributed by atoms with Gasteiger partial charge in [0.25, 0.3) is 5.91 Å². The molecule has 1 N–H and O–H groups in total. The van der Waals surface area contributed by atoms with Gasteiger partial charge in [0.15, 0.2) is 0 Å². The minimum absolute atomic E-state index is 0. The van der Waals surface area contributed by atoms with Crippen molar-refractivity contribution >= 4 is 30.0 Å². The molecule has 1 aliphatic carbocycles. The van der Waals surface area contributed by atoms with E-state index < -0.39 is 5.54 Å². The van der Waals surface area contributed by atoms with Crippen LogP contribution in [0.4, 0.5) is 10.5 Å². The number of benzene rings is 2. The molecule has 2 aliphatic heterocycles. The van der Waals surface area contributed by atoms with Crippen LogP contribution in [0.3, 0.4) is 0 Å². The average molecular weight is 485 g/mol. The minimum atomic E-state index is -0.876. The highest BCUT2D eigenvalue weighted by Crippen LogP contribution is 2.48. The van der Waals surface area contributed by atoms with Crippen LogP contribution in [0.15, 0.2) is 54.6 Å². The van der Waals surface area contributed by atoms with Crippen molar-refractivity contribution in [3.63, 3.8) is 0 Å². The lowest BCUT2D eigenvalue weighted by Crippen LogP contribution is -2.47. The van der Waals surface area contributed by atoms with Crippen molar-refractivity contribution in [3.05, 3.63) is 60.2 Å². The van der Waals surface area contributed by atoms with E-state index in [-0.39, 0.29) is 30.3 Å². The Bertz CT molecular complexity index is 1010. The molecule has 2 saturated heterocycles. The molecule has 2 aromatic rings. The molecule has 182 valence electrons. The molecule has 3 fully saturated rings. The Morgan fingerprint density at radius 1 is 0.941 bits per heavy atom. The van der Waals surface area contributed by atoms with Crippen molar-refractivity contribution in [2.24, 2.45) is 5.92 Å². The summed E-state index contributed by atoms with van der Waals surface area (Å²) in [7, 11) is 1.71. The second-order valence-electron chi connectivity index (χ2n) is 9.19. The topological polar surface area (TPSA) is 65.1 Å². The van der Waals surface area contributed by atoms with E-state index >= 15 is 0 Å². The molecule has 1 unspecified atom stereocenters. The third-order valence-corrected chi connectivity index (χ3v) is 7.20. The summed E-state index contributed by atoms with van der Waals surface area (Å²) in [6.45, 7) is 5.10. The summed E-state index contributed by atoms with van der Waals surface area (Å²) in [5, 5.41) is 3.07. The van der Waals surface area contributed by atoms with Gasteiger partial charge in [0.1, 0.15) is 11.3 Å². The van der Waals surface area contributed by atoms with E-state index in [9.17, 15) is 9.59 Å². The van der Waals surface area contributed by atoms with Gasteiger partial charge in [-0.3, -0.25) is 14.6 Å². The highest BCUT2D eigenvalue weighted by atomic mass is 35.5. The second-order valence-corrected chi connectivity index (χ2v) is 9.19. The van der Waals surface area contributed by atoms with Crippen LogP contribution in [0, 0.1) is 5.92 Å². The number of halogens is 1. The Morgan fingerprint density at radius 3 is 2.29 bits per heavy atom. The summed E-state index contributed by atoms with van der Waals surface area (Å²) >= 11 is 0. The van der Waals surface area contributed by atoms with Crippen LogP contribution in [-0.2, 0) is 10.3 Å². The zero-order valence-corrected chi connectivity index (χ0v) is 20.4. The smallest absolute Gasteiger partial charge is 0.325 e. The predicted octanol–water partition coefficient (Wildman–Crippen LogP) is 3.49. The van der Waals surface area contributed by atoms with E-state index in [0.717, 1.165) is 69.0 Å². The number of amides is 3. The van der Waals surface area contributed by atoms with Gasteiger partial charge in [0, 0.05) is 32.7 Å². The summed E-state index contributed by atoms with van der Waals surface area (Å²) < 4.78 is 5.51. The standard InChI is InChI=1S/C26H32N4O3.ClH/c1-33-23-11-6-5-10-22(23)29-18-16-28(17-19-29)14-7-15-30-24(31)26(21-12-13-21,27-25(30)32)20-8-3-2-4-9-20;/h2-6,8-11,21H,7,12-19H2,1H3,(H,27,32);1H. The maximum absolute atomic E-state index is 13.5. The molecule has 34 heavy (non-hydrogen) atoms.